The fourth-order valence-corrected chi connectivity index (χ4v) is 2.76. The molecule has 0 unspecified atom stereocenters. The summed E-state index contributed by atoms with van der Waals surface area (Å²) >= 11 is 0. The van der Waals surface area contributed by atoms with Crippen molar-refractivity contribution in [2.75, 3.05) is 31.5 Å². The van der Waals surface area contributed by atoms with Crippen LogP contribution in [0.3, 0.4) is 0 Å². The van der Waals surface area contributed by atoms with Crippen LogP contribution in [0.25, 0.3) is 0 Å². The van der Waals surface area contributed by atoms with E-state index in [0.717, 1.165) is 44.0 Å². The van der Waals surface area contributed by atoms with E-state index in [1.54, 1.807) is 0 Å². The van der Waals surface area contributed by atoms with Crippen molar-refractivity contribution >= 4 is 11.7 Å². The van der Waals surface area contributed by atoms with Crippen LogP contribution >= 0.6 is 0 Å². The number of carbonyl (C=O) groups is 1. The van der Waals surface area contributed by atoms with Gasteiger partial charge < -0.3 is 10.2 Å². The van der Waals surface area contributed by atoms with Gasteiger partial charge in [-0.1, -0.05) is 18.2 Å². The number of amides is 2. The van der Waals surface area contributed by atoms with E-state index < -0.39 is 0 Å². The maximum atomic E-state index is 12.4. The number of nitrogens with zero attached hydrogens (tertiary/aromatic N) is 3. The monoisotopic (exact) mass is 310 g/mol. The SMILES string of the molecule is Cc1ccccc1NC(=O)N1CCN(Cc2ccncc2)CC1. The summed E-state index contributed by atoms with van der Waals surface area (Å²) in [5.41, 5.74) is 3.23. The van der Waals surface area contributed by atoms with Gasteiger partial charge in [-0.25, -0.2) is 4.79 Å². The minimum Gasteiger partial charge on any atom is -0.322 e. The molecule has 1 fully saturated rings. The molecule has 2 heterocycles. The molecule has 0 radical (unpaired) electrons. The lowest BCUT2D eigenvalue weighted by molar-refractivity contribution is 0.143. The van der Waals surface area contributed by atoms with Gasteiger partial charge in [0, 0.05) is 50.8 Å². The van der Waals surface area contributed by atoms with Crippen molar-refractivity contribution in [2.24, 2.45) is 0 Å². The van der Waals surface area contributed by atoms with Gasteiger partial charge in [0.1, 0.15) is 0 Å². The van der Waals surface area contributed by atoms with Crippen molar-refractivity contribution in [1.82, 2.24) is 14.8 Å². The summed E-state index contributed by atoms with van der Waals surface area (Å²) in [5.74, 6) is 0. The van der Waals surface area contributed by atoms with Crippen LogP contribution in [0.2, 0.25) is 0 Å². The van der Waals surface area contributed by atoms with Gasteiger partial charge in [-0.05, 0) is 36.2 Å². The highest BCUT2D eigenvalue weighted by Gasteiger charge is 2.21. The maximum Gasteiger partial charge on any atom is 0.321 e. The Hall–Kier alpha value is -2.40. The standard InChI is InChI=1S/C18H22N4O/c1-15-4-2-3-5-17(15)20-18(23)22-12-10-21(11-13-22)14-16-6-8-19-9-7-16/h2-9H,10-14H2,1H3,(H,20,23). The van der Waals surface area contributed by atoms with Crippen LogP contribution in [0, 0.1) is 6.92 Å². The topological polar surface area (TPSA) is 48.5 Å². The van der Waals surface area contributed by atoms with E-state index >= 15 is 0 Å². The van der Waals surface area contributed by atoms with Gasteiger partial charge in [0.15, 0.2) is 0 Å². The van der Waals surface area contributed by atoms with Gasteiger partial charge in [-0.2, -0.15) is 0 Å². The molecule has 23 heavy (non-hydrogen) atoms. The Bertz CT molecular complexity index is 651. The average Bonchev–Trinajstić information content (AvgIpc) is 2.58. The third-order valence-electron chi connectivity index (χ3n) is 4.20. The third kappa shape index (κ3) is 4.07. The lowest BCUT2D eigenvalue weighted by Crippen LogP contribution is -2.49. The summed E-state index contributed by atoms with van der Waals surface area (Å²) < 4.78 is 0. The van der Waals surface area contributed by atoms with Gasteiger partial charge in [-0.15, -0.1) is 0 Å². The molecule has 3 rings (SSSR count). The number of nitrogens with one attached hydrogen (secondary N) is 1. The van der Waals surface area contributed by atoms with E-state index in [0.29, 0.717) is 0 Å². The van der Waals surface area contributed by atoms with Crippen molar-refractivity contribution in [3.8, 4) is 0 Å². The Morgan fingerprint density at radius 2 is 1.78 bits per heavy atom. The van der Waals surface area contributed by atoms with Gasteiger partial charge in [0.25, 0.3) is 0 Å². The quantitative estimate of drug-likeness (QED) is 0.948. The number of aryl methyl sites for hydroxylation is 1. The average molecular weight is 310 g/mol. The van der Waals surface area contributed by atoms with Crippen molar-refractivity contribution in [1.29, 1.82) is 0 Å². The summed E-state index contributed by atoms with van der Waals surface area (Å²) in [6.07, 6.45) is 3.64. The maximum absolute atomic E-state index is 12.4. The Kier molecular flexibility index (Phi) is 4.88. The molecule has 0 aliphatic carbocycles. The van der Waals surface area contributed by atoms with E-state index in [-0.39, 0.29) is 6.03 Å². The number of anilines is 1. The molecule has 0 atom stereocenters. The van der Waals surface area contributed by atoms with Crippen LogP contribution in [0.4, 0.5) is 10.5 Å². The fourth-order valence-electron chi connectivity index (χ4n) is 2.76. The van der Waals surface area contributed by atoms with Crippen molar-refractivity contribution in [3.05, 3.63) is 59.9 Å². The minimum atomic E-state index is -0.0112. The van der Waals surface area contributed by atoms with Crippen molar-refractivity contribution in [3.63, 3.8) is 0 Å². The fraction of sp³-hybridized carbons (Fsp3) is 0.333. The minimum absolute atomic E-state index is 0.0112. The second kappa shape index (κ2) is 7.24. The number of pyridine rings is 1. The lowest BCUT2D eigenvalue weighted by atomic mass is 10.2. The van der Waals surface area contributed by atoms with Crippen molar-refractivity contribution < 1.29 is 4.79 Å². The summed E-state index contributed by atoms with van der Waals surface area (Å²) in [6.45, 7) is 6.21. The first-order valence-electron chi connectivity index (χ1n) is 7.95. The Balaban J connectivity index is 1.50. The second-order valence-electron chi connectivity index (χ2n) is 5.86. The summed E-state index contributed by atoms with van der Waals surface area (Å²) in [4.78, 5) is 20.7. The van der Waals surface area contributed by atoms with Crippen LogP contribution in [0.15, 0.2) is 48.8 Å². The predicted molar refractivity (Wildman–Crippen MR) is 91.3 cm³/mol. The number of carbonyl (C=O) groups excluding carboxylic acids is 1. The highest BCUT2D eigenvalue weighted by molar-refractivity contribution is 5.90. The Morgan fingerprint density at radius 3 is 2.48 bits per heavy atom. The van der Waals surface area contributed by atoms with E-state index in [4.69, 9.17) is 0 Å². The molecular weight excluding hydrogens is 288 g/mol. The highest BCUT2D eigenvalue weighted by Crippen LogP contribution is 2.15. The normalized spacial score (nSPS) is 15.4. The molecule has 1 aromatic carbocycles. The number of urea groups is 1. The van der Waals surface area contributed by atoms with Gasteiger partial charge in [0.05, 0.1) is 0 Å². The zero-order valence-corrected chi connectivity index (χ0v) is 13.4. The van der Waals surface area contributed by atoms with Crippen LogP contribution in [0.1, 0.15) is 11.1 Å². The largest absolute Gasteiger partial charge is 0.322 e. The van der Waals surface area contributed by atoms with E-state index in [1.807, 2.05) is 60.6 Å². The number of hydrogen-bond donors (Lipinski definition) is 1. The number of piperazine rings is 1. The van der Waals surface area contributed by atoms with Gasteiger partial charge >= 0.3 is 6.03 Å². The van der Waals surface area contributed by atoms with Gasteiger partial charge in [0.2, 0.25) is 0 Å². The molecule has 1 aromatic heterocycles. The summed E-state index contributed by atoms with van der Waals surface area (Å²) in [7, 11) is 0. The molecular formula is C18H22N4O. The molecule has 2 aromatic rings. The number of hydrogen-bond acceptors (Lipinski definition) is 3. The van der Waals surface area contributed by atoms with Crippen LogP contribution < -0.4 is 5.32 Å². The highest BCUT2D eigenvalue weighted by atomic mass is 16.2. The van der Waals surface area contributed by atoms with E-state index in [2.05, 4.69) is 15.2 Å². The zero-order valence-electron chi connectivity index (χ0n) is 13.4. The molecule has 0 spiro atoms. The molecule has 0 saturated carbocycles. The molecule has 1 aliphatic heterocycles. The molecule has 5 heteroatoms. The molecule has 1 saturated heterocycles. The Morgan fingerprint density at radius 1 is 1.09 bits per heavy atom. The van der Waals surface area contributed by atoms with Crippen LogP contribution in [-0.2, 0) is 6.54 Å². The van der Waals surface area contributed by atoms with E-state index in [1.165, 1.54) is 5.56 Å². The first-order valence-corrected chi connectivity index (χ1v) is 7.95. The first kappa shape index (κ1) is 15.5. The first-order chi connectivity index (χ1) is 11.2. The lowest BCUT2D eigenvalue weighted by Gasteiger charge is -2.34. The predicted octanol–water partition coefficient (Wildman–Crippen LogP) is 2.74. The number of benzene rings is 1. The molecule has 2 amide bonds. The van der Waals surface area contributed by atoms with Gasteiger partial charge in [-0.3, -0.25) is 9.88 Å². The molecule has 120 valence electrons. The van der Waals surface area contributed by atoms with Crippen LogP contribution in [0.5, 0.6) is 0 Å². The zero-order chi connectivity index (χ0) is 16.1. The number of para-hydroxylation sites is 1. The molecule has 1 N–H and O–H groups in total. The number of aromatic nitrogens is 1. The molecule has 0 bridgehead atoms. The molecule has 5 nitrogen and oxygen atoms in total. The Labute approximate surface area is 136 Å². The second-order valence-corrected chi connectivity index (χ2v) is 5.86. The third-order valence-corrected chi connectivity index (χ3v) is 4.20. The van der Waals surface area contributed by atoms with Crippen LogP contribution in [-0.4, -0.2) is 47.0 Å². The summed E-state index contributed by atoms with van der Waals surface area (Å²) in [5, 5.41) is 3.00. The van der Waals surface area contributed by atoms with E-state index in [9.17, 15) is 4.79 Å². The van der Waals surface area contributed by atoms with Crippen molar-refractivity contribution in [2.45, 2.75) is 13.5 Å². The molecule has 1 aliphatic rings. The number of rotatable bonds is 3. The summed E-state index contributed by atoms with van der Waals surface area (Å²) in [6, 6.07) is 11.9. The smallest absolute Gasteiger partial charge is 0.321 e.